The van der Waals surface area contributed by atoms with E-state index in [9.17, 15) is 0 Å². The summed E-state index contributed by atoms with van der Waals surface area (Å²) < 4.78 is 0. The Morgan fingerprint density at radius 2 is 0.833 bits per heavy atom. The van der Waals surface area contributed by atoms with Crippen LogP contribution in [0, 0.1) is 0 Å². The lowest BCUT2D eigenvalue weighted by atomic mass is 10.3. The molecule has 108 valence electrons. The van der Waals surface area contributed by atoms with E-state index in [0.717, 1.165) is 58.9 Å². The van der Waals surface area contributed by atoms with Crippen molar-refractivity contribution < 1.29 is 15.3 Å². The second-order valence-electron chi connectivity index (χ2n) is 4.84. The summed E-state index contributed by atoms with van der Waals surface area (Å²) in [5.74, 6) is 0. The number of hydrogen-bond acceptors (Lipinski definition) is 6. The van der Waals surface area contributed by atoms with Crippen molar-refractivity contribution in [3.63, 3.8) is 0 Å². The predicted octanol–water partition coefficient (Wildman–Crippen LogP) is -1.07. The molecule has 0 spiro atoms. The normalized spacial score (nSPS) is 19.5. The van der Waals surface area contributed by atoms with Crippen LogP contribution in [0.3, 0.4) is 0 Å². The summed E-state index contributed by atoms with van der Waals surface area (Å²) in [4.78, 5) is 6.90. The zero-order chi connectivity index (χ0) is 13.2. The molecule has 1 aliphatic heterocycles. The van der Waals surface area contributed by atoms with Gasteiger partial charge in [0.1, 0.15) is 0 Å². The summed E-state index contributed by atoms with van der Waals surface area (Å²) in [6.45, 7) is 6.05. The van der Waals surface area contributed by atoms with Gasteiger partial charge in [-0.2, -0.15) is 0 Å². The molecule has 6 heteroatoms. The molecule has 1 heterocycles. The van der Waals surface area contributed by atoms with Gasteiger partial charge in [0.2, 0.25) is 0 Å². The molecule has 18 heavy (non-hydrogen) atoms. The van der Waals surface area contributed by atoms with E-state index < -0.39 is 0 Å². The fraction of sp³-hybridized carbons (Fsp3) is 1.00. The molecule has 0 atom stereocenters. The molecule has 1 aliphatic rings. The Balaban J connectivity index is 2.38. The highest BCUT2D eigenvalue weighted by Gasteiger charge is 2.22. The van der Waals surface area contributed by atoms with Crippen molar-refractivity contribution in [1.82, 2.24) is 14.7 Å². The van der Waals surface area contributed by atoms with Crippen LogP contribution >= 0.6 is 0 Å². The van der Waals surface area contributed by atoms with Crippen LogP contribution in [-0.2, 0) is 0 Å². The van der Waals surface area contributed by atoms with Crippen LogP contribution < -0.4 is 0 Å². The standard InChI is InChI=1S/C12H27N3O3/c16-7-1-4-13-10-14(5-2-8-17)12-15(11-13)6-3-9-18/h16-18H,1-12H2. The molecule has 3 N–H and O–H groups in total. The topological polar surface area (TPSA) is 70.4 Å². The van der Waals surface area contributed by atoms with Gasteiger partial charge in [-0.3, -0.25) is 14.7 Å². The average molecular weight is 261 g/mol. The largest absolute Gasteiger partial charge is 0.396 e. The first kappa shape index (κ1) is 15.8. The van der Waals surface area contributed by atoms with Gasteiger partial charge in [0, 0.05) is 39.5 Å². The lowest BCUT2D eigenvalue weighted by Crippen LogP contribution is -2.55. The molecule has 0 aromatic carbocycles. The van der Waals surface area contributed by atoms with Gasteiger partial charge in [0.15, 0.2) is 0 Å². The highest BCUT2D eigenvalue weighted by Crippen LogP contribution is 2.09. The monoisotopic (exact) mass is 261 g/mol. The smallest absolute Gasteiger partial charge is 0.0530 e. The van der Waals surface area contributed by atoms with Crippen LogP contribution in [0.2, 0.25) is 0 Å². The van der Waals surface area contributed by atoms with Crippen molar-refractivity contribution in [2.75, 3.05) is 59.5 Å². The van der Waals surface area contributed by atoms with Gasteiger partial charge in [-0.25, -0.2) is 0 Å². The third kappa shape index (κ3) is 6.08. The van der Waals surface area contributed by atoms with Crippen LogP contribution in [-0.4, -0.2) is 89.5 Å². The van der Waals surface area contributed by atoms with Gasteiger partial charge >= 0.3 is 0 Å². The Bertz CT molecular complexity index is 168. The van der Waals surface area contributed by atoms with Crippen LogP contribution in [0.15, 0.2) is 0 Å². The minimum absolute atomic E-state index is 0.226. The molecule has 0 bridgehead atoms. The molecular weight excluding hydrogens is 234 g/mol. The summed E-state index contributed by atoms with van der Waals surface area (Å²) in [7, 11) is 0. The molecule has 1 rings (SSSR count). The Hall–Kier alpha value is -0.240. The van der Waals surface area contributed by atoms with Crippen molar-refractivity contribution in [3.8, 4) is 0 Å². The Morgan fingerprint density at radius 1 is 0.556 bits per heavy atom. The second kappa shape index (κ2) is 9.66. The fourth-order valence-electron chi connectivity index (χ4n) is 2.29. The Kier molecular flexibility index (Phi) is 8.49. The molecule has 0 aliphatic carbocycles. The molecule has 6 nitrogen and oxygen atoms in total. The lowest BCUT2D eigenvalue weighted by Gasteiger charge is -2.42. The lowest BCUT2D eigenvalue weighted by molar-refractivity contribution is -0.0347. The maximum Gasteiger partial charge on any atom is 0.0530 e. The van der Waals surface area contributed by atoms with E-state index in [1.807, 2.05) is 0 Å². The maximum absolute atomic E-state index is 8.89. The minimum Gasteiger partial charge on any atom is -0.396 e. The molecule has 0 saturated carbocycles. The average Bonchev–Trinajstić information content (AvgIpc) is 2.40. The highest BCUT2D eigenvalue weighted by atomic mass is 16.3. The zero-order valence-electron chi connectivity index (χ0n) is 11.2. The summed E-state index contributed by atoms with van der Waals surface area (Å²) in [5.41, 5.74) is 0. The summed E-state index contributed by atoms with van der Waals surface area (Å²) >= 11 is 0. The molecule has 1 saturated heterocycles. The van der Waals surface area contributed by atoms with Gasteiger partial charge in [0.25, 0.3) is 0 Å². The first-order valence-corrected chi connectivity index (χ1v) is 6.79. The third-order valence-electron chi connectivity index (χ3n) is 3.10. The van der Waals surface area contributed by atoms with Crippen LogP contribution in [0.5, 0.6) is 0 Å². The van der Waals surface area contributed by atoms with Gasteiger partial charge in [-0.05, 0) is 19.3 Å². The molecular formula is C12H27N3O3. The number of aliphatic hydroxyl groups excluding tert-OH is 3. The van der Waals surface area contributed by atoms with Crippen molar-refractivity contribution in [1.29, 1.82) is 0 Å². The molecule has 0 radical (unpaired) electrons. The van der Waals surface area contributed by atoms with Crippen molar-refractivity contribution in [3.05, 3.63) is 0 Å². The quantitative estimate of drug-likeness (QED) is 0.491. The van der Waals surface area contributed by atoms with Crippen LogP contribution in [0.25, 0.3) is 0 Å². The zero-order valence-corrected chi connectivity index (χ0v) is 11.2. The Labute approximate surface area is 109 Å². The van der Waals surface area contributed by atoms with E-state index in [2.05, 4.69) is 14.7 Å². The van der Waals surface area contributed by atoms with Gasteiger partial charge in [0.05, 0.1) is 20.0 Å². The second-order valence-corrected chi connectivity index (χ2v) is 4.84. The van der Waals surface area contributed by atoms with E-state index in [1.165, 1.54) is 0 Å². The van der Waals surface area contributed by atoms with E-state index in [4.69, 9.17) is 15.3 Å². The van der Waals surface area contributed by atoms with E-state index in [1.54, 1.807) is 0 Å². The number of nitrogens with zero attached hydrogens (tertiary/aromatic N) is 3. The van der Waals surface area contributed by atoms with E-state index >= 15 is 0 Å². The Morgan fingerprint density at radius 3 is 1.06 bits per heavy atom. The first-order valence-electron chi connectivity index (χ1n) is 6.79. The third-order valence-corrected chi connectivity index (χ3v) is 3.10. The molecule has 1 fully saturated rings. The molecule has 0 amide bonds. The highest BCUT2D eigenvalue weighted by molar-refractivity contribution is 4.69. The maximum atomic E-state index is 8.89. The van der Waals surface area contributed by atoms with Crippen LogP contribution in [0.4, 0.5) is 0 Å². The van der Waals surface area contributed by atoms with Gasteiger partial charge in [-0.1, -0.05) is 0 Å². The summed E-state index contributed by atoms with van der Waals surface area (Å²) in [5, 5.41) is 26.7. The van der Waals surface area contributed by atoms with Gasteiger partial charge in [-0.15, -0.1) is 0 Å². The summed E-state index contributed by atoms with van der Waals surface area (Å²) in [6, 6.07) is 0. The van der Waals surface area contributed by atoms with Crippen molar-refractivity contribution in [2.45, 2.75) is 19.3 Å². The minimum atomic E-state index is 0.226. The van der Waals surface area contributed by atoms with Crippen molar-refractivity contribution >= 4 is 0 Å². The summed E-state index contributed by atoms with van der Waals surface area (Å²) in [6.07, 6.45) is 2.38. The molecule has 0 aromatic rings. The van der Waals surface area contributed by atoms with Gasteiger partial charge < -0.3 is 15.3 Å². The number of aliphatic hydroxyl groups is 3. The predicted molar refractivity (Wildman–Crippen MR) is 69.8 cm³/mol. The van der Waals surface area contributed by atoms with E-state index in [-0.39, 0.29) is 19.8 Å². The van der Waals surface area contributed by atoms with E-state index in [0.29, 0.717) is 0 Å². The van der Waals surface area contributed by atoms with Crippen molar-refractivity contribution in [2.24, 2.45) is 0 Å². The first-order chi connectivity index (χ1) is 8.80. The number of rotatable bonds is 9. The van der Waals surface area contributed by atoms with Crippen LogP contribution in [0.1, 0.15) is 19.3 Å². The molecule has 0 unspecified atom stereocenters. The number of hydrogen-bond donors (Lipinski definition) is 3. The fourth-order valence-corrected chi connectivity index (χ4v) is 2.29. The SMILES string of the molecule is OCCCN1CN(CCCO)CN(CCCO)C1. The molecule has 0 aromatic heterocycles.